The number of benzene rings is 1. The van der Waals surface area contributed by atoms with Gasteiger partial charge in [0.1, 0.15) is 0 Å². The monoisotopic (exact) mass is 309 g/mol. The van der Waals surface area contributed by atoms with Crippen LogP contribution < -0.4 is 0 Å². The maximum Gasteiger partial charge on any atom is 0.184 e. The van der Waals surface area contributed by atoms with Gasteiger partial charge in [0.25, 0.3) is 0 Å². The van der Waals surface area contributed by atoms with Crippen molar-refractivity contribution in [3.63, 3.8) is 0 Å². The van der Waals surface area contributed by atoms with Gasteiger partial charge < -0.3 is 4.98 Å². The molecule has 6 heteroatoms. The molecule has 0 radical (unpaired) electrons. The molecule has 0 bridgehead atoms. The van der Waals surface area contributed by atoms with E-state index in [4.69, 9.17) is 35.4 Å². The first kappa shape index (κ1) is 12.7. The molecule has 0 saturated carbocycles. The van der Waals surface area contributed by atoms with E-state index in [1.165, 1.54) is 0 Å². The molecular weight excluding hydrogens is 301 g/mol. The first-order valence-corrected chi connectivity index (χ1v) is 6.76. The van der Waals surface area contributed by atoms with Crippen molar-refractivity contribution in [2.45, 2.75) is 6.92 Å². The predicted octanol–water partition coefficient (Wildman–Crippen LogP) is 4.70. The number of imidazole rings is 1. The van der Waals surface area contributed by atoms with Crippen LogP contribution in [0.1, 0.15) is 5.56 Å². The summed E-state index contributed by atoms with van der Waals surface area (Å²) in [7, 11) is 0. The van der Waals surface area contributed by atoms with Crippen molar-refractivity contribution in [2.75, 3.05) is 0 Å². The number of aromatic nitrogens is 3. The highest BCUT2D eigenvalue weighted by Crippen LogP contribution is 2.28. The van der Waals surface area contributed by atoms with Crippen LogP contribution in [0, 0.1) is 11.7 Å². The smallest absolute Gasteiger partial charge is 0.184 e. The molecule has 3 aromatic rings. The van der Waals surface area contributed by atoms with Crippen molar-refractivity contribution in [3.8, 4) is 5.69 Å². The first-order valence-electron chi connectivity index (χ1n) is 5.59. The number of fused-ring (bicyclic) bond motifs is 1. The van der Waals surface area contributed by atoms with Crippen molar-refractivity contribution >= 4 is 46.6 Å². The fourth-order valence-electron chi connectivity index (χ4n) is 2.01. The summed E-state index contributed by atoms with van der Waals surface area (Å²) >= 11 is 17.6. The molecule has 0 saturated heterocycles. The fraction of sp³-hybridized carbons (Fsp3) is 0.0769. The number of nitrogens with one attached hydrogen (secondary N) is 1. The fourth-order valence-corrected chi connectivity index (χ4v) is 2.66. The Kier molecular flexibility index (Phi) is 3.09. The van der Waals surface area contributed by atoms with Crippen LogP contribution >= 0.6 is 35.4 Å². The van der Waals surface area contributed by atoms with Gasteiger partial charge in [-0.05, 0) is 49.0 Å². The molecule has 3 nitrogen and oxygen atoms in total. The number of aromatic amines is 1. The number of hydrogen-bond acceptors (Lipinski definition) is 2. The average Bonchev–Trinajstić information content (AvgIpc) is 2.70. The van der Waals surface area contributed by atoms with E-state index in [2.05, 4.69) is 9.97 Å². The topological polar surface area (TPSA) is 33.6 Å². The van der Waals surface area contributed by atoms with Gasteiger partial charge in [-0.3, -0.25) is 4.57 Å². The molecule has 0 spiro atoms. The minimum atomic E-state index is 0.543. The Bertz CT molecular complexity index is 836. The Morgan fingerprint density at radius 3 is 2.84 bits per heavy atom. The van der Waals surface area contributed by atoms with Gasteiger partial charge >= 0.3 is 0 Å². The molecule has 0 aliphatic carbocycles. The summed E-state index contributed by atoms with van der Waals surface area (Å²) in [5.74, 6) is 0. The summed E-state index contributed by atoms with van der Waals surface area (Å²) < 4.78 is 2.34. The van der Waals surface area contributed by atoms with E-state index >= 15 is 0 Å². The number of halogens is 2. The van der Waals surface area contributed by atoms with Crippen molar-refractivity contribution in [2.24, 2.45) is 0 Å². The van der Waals surface area contributed by atoms with Crippen molar-refractivity contribution in [1.29, 1.82) is 0 Å². The Morgan fingerprint density at radius 1 is 1.26 bits per heavy atom. The standard InChI is InChI=1S/C13H9Cl2N3S/c1-7-4-5-16-12-11(7)17-13(19)18(12)10-6-8(14)2-3-9(10)15/h2-6H,1H3,(H,17,19). The van der Waals surface area contributed by atoms with Gasteiger partial charge in [-0.25, -0.2) is 4.98 Å². The Balaban J connectivity index is 2.43. The predicted molar refractivity (Wildman–Crippen MR) is 81.0 cm³/mol. The van der Waals surface area contributed by atoms with Crippen LogP contribution in [0.2, 0.25) is 10.0 Å². The minimum Gasteiger partial charge on any atom is -0.329 e. The van der Waals surface area contributed by atoms with Gasteiger partial charge in [0.2, 0.25) is 0 Å². The van der Waals surface area contributed by atoms with Crippen LogP contribution in [0.4, 0.5) is 0 Å². The lowest BCUT2D eigenvalue weighted by molar-refractivity contribution is 1.04. The third-order valence-corrected chi connectivity index (χ3v) is 3.77. The van der Waals surface area contributed by atoms with Crippen LogP contribution in [-0.4, -0.2) is 14.5 Å². The summed E-state index contributed by atoms with van der Waals surface area (Å²) in [5.41, 5.74) is 3.45. The molecule has 96 valence electrons. The molecule has 0 aliphatic rings. The Hall–Kier alpha value is -1.36. The van der Waals surface area contributed by atoms with Crippen LogP contribution in [0.5, 0.6) is 0 Å². The van der Waals surface area contributed by atoms with E-state index in [1.54, 1.807) is 29.0 Å². The van der Waals surface area contributed by atoms with Crippen molar-refractivity contribution in [1.82, 2.24) is 14.5 Å². The van der Waals surface area contributed by atoms with Crippen LogP contribution in [0.25, 0.3) is 16.9 Å². The van der Waals surface area contributed by atoms with Gasteiger partial charge in [-0.15, -0.1) is 0 Å². The van der Waals surface area contributed by atoms with Gasteiger partial charge in [0.15, 0.2) is 10.4 Å². The highest BCUT2D eigenvalue weighted by Gasteiger charge is 2.12. The number of rotatable bonds is 1. The number of H-pyrrole nitrogens is 1. The number of aryl methyl sites for hydroxylation is 1. The Labute approximate surface area is 124 Å². The van der Waals surface area contributed by atoms with E-state index < -0.39 is 0 Å². The summed E-state index contributed by atoms with van der Waals surface area (Å²) in [4.78, 5) is 7.53. The quantitative estimate of drug-likeness (QED) is 0.661. The average molecular weight is 310 g/mol. The SMILES string of the molecule is Cc1ccnc2c1[nH]c(=S)n2-c1cc(Cl)ccc1Cl. The van der Waals surface area contributed by atoms with Crippen molar-refractivity contribution in [3.05, 3.63) is 50.8 Å². The zero-order valence-corrected chi connectivity index (χ0v) is 12.3. The molecule has 2 aromatic heterocycles. The molecule has 0 aliphatic heterocycles. The second-order valence-corrected chi connectivity index (χ2v) is 5.42. The zero-order chi connectivity index (χ0) is 13.6. The summed E-state index contributed by atoms with van der Waals surface area (Å²) in [6.45, 7) is 2.00. The van der Waals surface area contributed by atoms with E-state index in [1.807, 2.05) is 13.0 Å². The van der Waals surface area contributed by atoms with E-state index in [0.29, 0.717) is 14.8 Å². The molecule has 19 heavy (non-hydrogen) atoms. The molecule has 1 N–H and O–H groups in total. The van der Waals surface area contributed by atoms with Gasteiger partial charge in [-0.1, -0.05) is 23.2 Å². The van der Waals surface area contributed by atoms with Crippen molar-refractivity contribution < 1.29 is 0 Å². The number of pyridine rings is 1. The number of nitrogens with zero attached hydrogens (tertiary/aromatic N) is 2. The zero-order valence-electron chi connectivity index (χ0n) is 9.95. The van der Waals surface area contributed by atoms with E-state index in [-0.39, 0.29) is 0 Å². The lowest BCUT2D eigenvalue weighted by atomic mass is 10.2. The summed E-state index contributed by atoms with van der Waals surface area (Å²) in [6.07, 6.45) is 1.75. The highest BCUT2D eigenvalue weighted by molar-refractivity contribution is 7.71. The highest BCUT2D eigenvalue weighted by atomic mass is 35.5. The van der Waals surface area contributed by atoms with Crippen LogP contribution in [0.3, 0.4) is 0 Å². The molecule has 0 fully saturated rings. The lowest BCUT2D eigenvalue weighted by Crippen LogP contribution is -1.96. The van der Waals surface area contributed by atoms with Gasteiger partial charge in [0, 0.05) is 11.2 Å². The van der Waals surface area contributed by atoms with E-state index in [0.717, 1.165) is 22.4 Å². The Morgan fingerprint density at radius 2 is 2.05 bits per heavy atom. The largest absolute Gasteiger partial charge is 0.329 e. The molecule has 0 amide bonds. The minimum absolute atomic E-state index is 0.543. The molecule has 2 heterocycles. The molecule has 3 rings (SSSR count). The summed E-state index contributed by atoms with van der Waals surface area (Å²) in [5, 5.41) is 1.17. The summed E-state index contributed by atoms with van der Waals surface area (Å²) in [6, 6.07) is 7.19. The maximum atomic E-state index is 6.23. The maximum absolute atomic E-state index is 6.23. The van der Waals surface area contributed by atoms with Gasteiger partial charge in [0.05, 0.1) is 16.2 Å². The normalized spacial score (nSPS) is 11.1. The molecule has 0 unspecified atom stereocenters. The van der Waals surface area contributed by atoms with Gasteiger partial charge in [-0.2, -0.15) is 0 Å². The third-order valence-electron chi connectivity index (χ3n) is 2.94. The van der Waals surface area contributed by atoms with E-state index in [9.17, 15) is 0 Å². The molecule has 0 atom stereocenters. The molecule has 1 aromatic carbocycles. The second kappa shape index (κ2) is 4.63. The molecular formula is C13H9Cl2N3S. The number of hydrogen-bond donors (Lipinski definition) is 1. The van der Waals surface area contributed by atoms with Crippen LogP contribution in [0.15, 0.2) is 30.5 Å². The van der Waals surface area contributed by atoms with Crippen LogP contribution in [-0.2, 0) is 0 Å². The third kappa shape index (κ3) is 2.06. The second-order valence-electron chi connectivity index (χ2n) is 4.19. The first-order chi connectivity index (χ1) is 9.08. The lowest BCUT2D eigenvalue weighted by Gasteiger charge is -2.07.